The summed E-state index contributed by atoms with van der Waals surface area (Å²) in [4.78, 5) is 12.4. The molecule has 1 saturated carbocycles. The van der Waals surface area contributed by atoms with Gasteiger partial charge in [0.1, 0.15) is 10.0 Å². The number of amides is 2. The molecule has 0 radical (unpaired) electrons. The number of hydrogen-bond acceptors (Lipinski definition) is 4. The number of thiophene rings is 1. The molecular weight excluding hydrogens is 387 g/mol. The molecule has 0 saturated heterocycles. The molecule has 4 rings (SSSR count). The molecule has 27 heavy (non-hydrogen) atoms. The number of hydrogen-bond donors (Lipinski definition) is 2. The lowest BCUT2D eigenvalue weighted by Gasteiger charge is -2.28. The van der Waals surface area contributed by atoms with Crippen molar-refractivity contribution in [3.8, 4) is 0 Å². The molecule has 1 aromatic carbocycles. The molecule has 0 unspecified atom stereocenters. The molecule has 2 atom stereocenters. The summed E-state index contributed by atoms with van der Waals surface area (Å²) in [6, 6.07) is 7.63. The molecular formula is C19H21FN2O3S2. The maximum atomic E-state index is 13.5. The third-order valence-corrected chi connectivity index (χ3v) is 9.28. The highest BCUT2D eigenvalue weighted by Crippen LogP contribution is 2.47. The minimum absolute atomic E-state index is 0.198. The van der Waals surface area contributed by atoms with Crippen molar-refractivity contribution in [2.24, 2.45) is 0 Å². The predicted octanol–water partition coefficient (Wildman–Crippen LogP) is 3.53. The zero-order chi connectivity index (χ0) is 19.2. The maximum Gasteiger partial charge on any atom is 0.315 e. The van der Waals surface area contributed by atoms with Gasteiger partial charge in [0.15, 0.2) is 9.84 Å². The Morgan fingerprint density at radius 1 is 1.33 bits per heavy atom. The largest absolute Gasteiger partial charge is 0.337 e. The second-order valence-electron chi connectivity index (χ2n) is 7.43. The van der Waals surface area contributed by atoms with Crippen molar-refractivity contribution in [2.45, 2.75) is 47.1 Å². The first-order valence-electron chi connectivity index (χ1n) is 8.93. The van der Waals surface area contributed by atoms with Crippen LogP contribution in [0.2, 0.25) is 0 Å². The standard InChI is InChI=1S/C19H21FN2O3S2/c1-12-9-16(15-5-8-26-17(15)27(12,24)25)22-18(23)21-11-19(6-7-19)13-3-2-4-14(20)10-13/h2-5,8,10,12,16H,6-7,9,11H2,1H3,(H2,21,22,23)/t12-,16-/m0/s1. The fraction of sp³-hybridized carbons (Fsp3) is 0.421. The minimum Gasteiger partial charge on any atom is -0.337 e. The second-order valence-corrected chi connectivity index (χ2v) is 10.9. The van der Waals surface area contributed by atoms with Gasteiger partial charge < -0.3 is 10.6 Å². The van der Waals surface area contributed by atoms with Crippen molar-refractivity contribution in [1.29, 1.82) is 0 Å². The Labute approximate surface area is 161 Å². The van der Waals surface area contributed by atoms with Gasteiger partial charge in [0.05, 0.1) is 11.3 Å². The molecule has 1 aromatic heterocycles. The lowest BCUT2D eigenvalue weighted by atomic mass is 9.96. The summed E-state index contributed by atoms with van der Waals surface area (Å²) in [7, 11) is -3.30. The molecule has 2 amide bonds. The first kappa shape index (κ1) is 18.4. The summed E-state index contributed by atoms with van der Waals surface area (Å²) in [6.07, 6.45) is 2.17. The molecule has 0 spiro atoms. The van der Waals surface area contributed by atoms with Crippen LogP contribution in [0, 0.1) is 5.82 Å². The summed E-state index contributed by atoms with van der Waals surface area (Å²) in [6.45, 7) is 2.10. The lowest BCUT2D eigenvalue weighted by molar-refractivity contribution is 0.235. The average Bonchev–Trinajstić information content (AvgIpc) is 3.24. The Kier molecular flexibility index (Phi) is 4.50. The smallest absolute Gasteiger partial charge is 0.315 e. The quantitative estimate of drug-likeness (QED) is 0.813. The zero-order valence-electron chi connectivity index (χ0n) is 14.9. The molecule has 2 aliphatic rings. The van der Waals surface area contributed by atoms with Crippen molar-refractivity contribution in [1.82, 2.24) is 10.6 Å². The normalized spacial score (nSPS) is 24.7. The Morgan fingerprint density at radius 3 is 2.81 bits per heavy atom. The molecule has 2 aromatic rings. The van der Waals surface area contributed by atoms with Gasteiger partial charge in [-0.15, -0.1) is 11.3 Å². The van der Waals surface area contributed by atoms with Crippen LogP contribution < -0.4 is 10.6 Å². The number of carbonyl (C=O) groups is 1. The molecule has 1 aliphatic heterocycles. The average molecular weight is 409 g/mol. The molecule has 8 heteroatoms. The summed E-state index contributed by atoms with van der Waals surface area (Å²) >= 11 is 1.20. The van der Waals surface area contributed by atoms with E-state index in [-0.39, 0.29) is 23.3 Å². The van der Waals surface area contributed by atoms with Gasteiger partial charge in [0, 0.05) is 17.5 Å². The molecule has 2 N–H and O–H groups in total. The van der Waals surface area contributed by atoms with Gasteiger partial charge >= 0.3 is 6.03 Å². The van der Waals surface area contributed by atoms with Gasteiger partial charge in [-0.2, -0.15) is 0 Å². The topological polar surface area (TPSA) is 75.3 Å². The molecule has 5 nitrogen and oxygen atoms in total. The van der Waals surface area contributed by atoms with Crippen molar-refractivity contribution in [3.63, 3.8) is 0 Å². The SMILES string of the molecule is C[C@H]1C[C@H](NC(=O)NCC2(c3cccc(F)c3)CC2)c2ccsc2S1(=O)=O. The van der Waals surface area contributed by atoms with E-state index in [9.17, 15) is 17.6 Å². The number of fused-ring (bicyclic) bond motifs is 1. The van der Waals surface area contributed by atoms with Crippen molar-refractivity contribution in [2.75, 3.05) is 6.54 Å². The summed E-state index contributed by atoms with van der Waals surface area (Å²) in [5, 5.41) is 7.02. The fourth-order valence-corrected chi connectivity index (χ4v) is 6.93. The van der Waals surface area contributed by atoms with Crippen molar-refractivity contribution < 1.29 is 17.6 Å². The summed E-state index contributed by atoms with van der Waals surface area (Å²) < 4.78 is 38.6. The number of rotatable bonds is 4. The van der Waals surface area contributed by atoms with Gasteiger partial charge in [0.2, 0.25) is 0 Å². The van der Waals surface area contributed by atoms with Gasteiger partial charge in [-0.05, 0) is 55.3 Å². The van der Waals surface area contributed by atoms with Crippen LogP contribution in [0.25, 0.3) is 0 Å². The van der Waals surface area contributed by atoms with Crippen LogP contribution in [0.1, 0.15) is 43.4 Å². The molecule has 0 bridgehead atoms. The second kappa shape index (κ2) is 6.60. The molecule has 1 fully saturated rings. The number of halogens is 1. The van der Waals surface area contributed by atoms with Gasteiger partial charge in [-0.1, -0.05) is 12.1 Å². The number of sulfone groups is 1. The van der Waals surface area contributed by atoms with Crippen LogP contribution in [0.15, 0.2) is 39.9 Å². The van der Waals surface area contributed by atoms with Crippen molar-refractivity contribution in [3.05, 3.63) is 52.7 Å². The van der Waals surface area contributed by atoms with Crippen LogP contribution in [-0.2, 0) is 15.3 Å². The third-order valence-electron chi connectivity index (χ3n) is 5.57. The Bertz CT molecular complexity index is 982. The van der Waals surface area contributed by atoms with Crippen LogP contribution in [0.4, 0.5) is 9.18 Å². The zero-order valence-corrected chi connectivity index (χ0v) is 16.5. The highest BCUT2D eigenvalue weighted by Gasteiger charge is 2.45. The highest BCUT2D eigenvalue weighted by atomic mass is 32.2. The van der Waals surface area contributed by atoms with Gasteiger partial charge in [-0.25, -0.2) is 17.6 Å². The minimum atomic E-state index is -3.30. The number of nitrogens with one attached hydrogen (secondary N) is 2. The highest BCUT2D eigenvalue weighted by molar-refractivity contribution is 7.94. The first-order chi connectivity index (χ1) is 12.8. The van der Waals surface area contributed by atoms with E-state index in [1.54, 1.807) is 24.4 Å². The van der Waals surface area contributed by atoms with E-state index in [1.165, 1.54) is 23.5 Å². The van der Waals surface area contributed by atoms with E-state index < -0.39 is 15.1 Å². The monoisotopic (exact) mass is 408 g/mol. The molecule has 1 aliphatic carbocycles. The maximum absolute atomic E-state index is 13.5. The Balaban J connectivity index is 1.42. The van der Waals surface area contributed by atoms with Crippen molar-refractivity contribution >= 4 is 27.2 Å². The summed E-state index contributed by atoms with van der Waals surface area (Å²) in [5.41, 5.74) is 1.37. The van der Waals surface area contributed by atoms with Crippen LogP contribution in [0.5, 0.6) is 0 Å². The van der Waals surface area contributed by atoms with Crippen LogP contribution in [0.3, 0.4) is 0 Å². The predicted molar refractivity (Wildman–Crippen MR) is 102 cm³/mol. The first-order valence-corrected chi connectivity index (χ1v) is 11.4. The van der Waals surface area contributed by atoms with E-state index in [2.05, 4.69) is 10.6 Å². The van der Waals surface area contributed by atoms with Crippen LogP contribution >= 0.6 is 11.3 Å². The lowest BCUT2D eigenvalue weighted by Crippen LogP contribution is -2.43. The molecule has 2 heterocycles. The third kappa shape index (κ3) is 3.36. The summed E-state index contributed by atoms with van der Waals surface area (Å²) in [5.74, 6) is -0.273. The van der Waals surface area contributed by atoms with E-state index in [4.69, 9.17) is 0 Å². The van der Waals surface area contributed by atoms with E-state index in [0.29, 0.717) is 22.7 Å². The Hall–Kier alpha value is -1.93. The number of benzene rings is 1. The van der Waals surface area contributed by atoms with Crippen LogP contribution in [-0.4, -0.2) is 26.2 Å². The molecule has 144 valence electrons. The van der Waals surface area contributed by atoms with Gasteiger partial charge in [0.25, 0.3) is 0 Å². The van der Waals surface area contributed by atoms with E-state index in [1.807, 2.05) is 6.07 Å². The van der Waals surface area contributed by atoms with E-state index in [0.717, 1.165) is 18.4 Å². The Morgan fingerprint density at radius 2 is 2.11 bits per heavy atom. The van der Waals surface area contributed by atoms with Gasteiger partial charge in [-0.3, -0.25) is 0 Å². The van der Waals surface area contributed by atoms with E-state index >= 15 is 0 Å². The number of urea groups is 1. The number of carbonyl (C=O) groups excluding carboxylic acids is 1. The fourth-order valence-electron chi connectivity index (χ4n) is 3.70.